The maximum Gasteiger partial charge on any atom is 0.338 e. The van der Waals surface area contributed by atoms with Gasteiger partial charge in [0.25, 0.3) is 0 Å². The number of hydrogen-bond donors (Lipinski definition) is 0. The van der Waals surface area contributed by atoms with Gasteiger partial charge in [-0.2, -0.15) is 0 Å². The van der Waals surface area contributed by atoms with Gasteiger partial charge in [0.2, 0.25) is 0 Å². The Kier molecular flexibility index (Phi) is 5.49. The van der Waals surface area contributed by atoms with Gasteiger partial charge in [0.15, 0.2) is 0 Å². The normalized spacial score (nSPS) is 25.2. The maximum atomic E-state index is 13.1. The number of hydrogen-bond acceptors (Lipinski definition) is 3. The van der Waals surface area contributed by atoms with Crippen molar-refractivity contribution >= 4 is 27.7 Å². The third-order valence-electron chi connectivity index (χ3n) is 5.90. The van der Waals surface area contributed by atoms with Crippen LogP contribution in [0.2, 0.25) is 0 Å². The highest BCUT2D eigenvalue weighted by Gasteiger charge is 2.45. The summed E-state index contributed by atoms with van der Waals surface area (Å²) in [6.07, 6.45) is 2.78. The topological polar surface area (TPSA) is 43.4 Å². The van der Waals surface area contributed by atoms with E-state index in [4.69, 9.17) is 4.74 Å². The average Bonchev–Trinajstić information content (AvgIpc) is 2.67. The van der Waals surface area contributed by atoms with Gasteiger partial charge in [0, 0.05) is 10.9 Å². The van der Waals surface area contributed by atoms with Crippen LogP contribution in [0.1, 0.15) is 47.7 Å². The summed E-state index contributed by atoms with van der Waals surface area (Å²) in [5.41, 5.74) is 2.57. The van der Waals surface area contributed by atoms with Crippen LogP contribution >= 0.6 is 15.9 Å². The number of ketones is 1. The number of halogens is 1. The second-order valence-electron chi connectivity index (χ2n) is 7.96. The van der Waals surface area contributed by atoms with Crippen LogP contribution in [0.5, 0.6) is 0 Å². The number of benzene rings is 2. The quantitative estimate of drug-likeness (QED) is 0.440. The molecule has 2 aliphatic rings. The molecule has 4 atom stereocenters. The third kappa shape index (κ3) is 3.97. The zero-order valence-electron chi connectivity index (χ0n) is 15.6. The van der Waals surface area contributed by atoms with E-state index in [2.05, 4.69) is 22.5 Å². The summed E-state index contributed by atoms with van der Waals surface area (Å²) in [4.78, 5) is 25.9. The van der Waals surface area contributed by atoms with Gasteiger partial charge in [-0.05, 0) is 60.9 Å². The van der Waals surface area contributed by atoms with Gasteiger partial charge in [-0.15, -0.1) is 0 Å². The van der Waals surface area contributed by atoms with Gasteiger partial charge in [0.05, 0.1) is 11.5 Å². The van der Waals surface area contributed by atoms with Gasteiger partial charge >= 0.3 is 5.97 Å². The Morgan fingerprint density at radius 1 is 1.04 bits per heavy atom. The summed E-state index contributed by atoms with van der Waals surface area (Å²) in [7, 11) is 0. The zero-order valence-corrected chi connectivity index (χ0v) is 17.2. The smallest absolute Gasteiger partial charge is 0.338 e. The van der Waals surface area contributed by atoms with E-state index in [1.165, 1.54) is 5.57 Å². The minimum Gasteiger partial charge on any atom is -0.453 e. The van der Waals surface area contributed by atoms with Gasteiger partial charge < -0.3 is 4.74 Å². The number of fused-ring (bicyclic) bond motifs is 2. The van der Waals surface area contributed by atoms with E-state index in [-0.39, 0.29) is 17.6 Å². The molecule has 4 heteroatoms. The SMILES string of the molecule is C=C1C[C@H]2CC(=O)[C@H]([C@@H](OC(=O)c3ccc(Br)cc3)c3ccccc3)[C@@H](C1)C2. The van der Waals surface area contributed by atoms with E-state index in [9.17, 15) is 9.59 Å². The maximum absolute atomic E-state index is 13.1. The molecule has 0 N–H and O–H groups in total. The molecule has 4 rings (SSSR count). The van der Waals surface area contributed by atoms with Gasteiger partial charge in [0.1, 0.15) is 11.9 Å². The van der Waals surface area contributed by atoms with Crippen LogP contribution in [0, 0.1) is 17.8 Å². The highest BCUT2D eigenvalue weighted by molar-refractivity contribution is 9.10. The van der Waals surface area contributed by atoms with Crippen LogP contribution in [0.15, 0.2) is 71.2 Å². The predicted molar refractivity (Wildman–Crippen MR) is 112 cm³/mol. The molecular formula is C24H23BrO3. The summed E-state index contributed by atoms with van der Waals surface area (Å²) in [5, 5.41) is 0. The predicted octanol–water partition coefficient (Wildman–Crippen LogP) is 5.91. The minimum absolute atomic E-state index is 0.190. The number of ether oxygens (including phenoxy) is 1. The second kappa shape index (κ2) is 8.04. The lowest BCUT2D eigenvalue weighted by Crippen LogP contribution is -2.41. The minimum atomic E-state index is -0.568. The summed E-state index contributed by atoms with van der Waals surface area (Å²) < 4.78 is 6.90. The van der Waals surface area contributed by atoms with Crippen molar-refractivity contribution in [1.82, 2.24) is 0 Å². The summed E-state index contributed by atoms with van der Waals surface area (Å²) in [5.74, 6) is 0.0937. The van der Waals surface area contributed by atoms with E-state index < -0.39 is 12.1 Å². The van der Waals surface area contributed by atoms with Crippen LogP contribution in [0.25, 0.3) is 0 Å². The largest absolute Gasteiger partial charge is 0.453 e. The molecule has 3 nitrogen and oxygen atoms in total. The highest BCUT2D eigenvalue weighted by atomic mass is 79.9. The lowest BCUT2D eigenvalue weighted by atomic mass is 9.63. The molecule has 2 bridgehead atoms. The Morgan fingerprint density at radius 2 is 1.75 bits per heavy atom. The Bertz CT molecular complexity index is 888. The fourth-order valence-corrected chi connectivity index (χ4v) is 5.01. The van der Waals surface area contributed by atoms with Crippen LogP contribution < -0.4 is 0 Å². The van der Waals surface area contributed by atoms with Gasteiger partial charge in [-0.1, -0.05) is 58.4 Å². The number of Topliss-reactive ketones (excluding diaryl/α,β-unsaturated/α-hetero) is 1. The van der Waals surface area contributed by atoms with Crippen molar-refractivity contribution < 1.29 is 14.3 Å². The molecule has 2 aromatic rings. The molecule has 0 spiro atoms. The molecule has 144 valence electrons. The van der Waals surface area contributed by atoms with Crippen molar-refractivity contribution in [3.63, 3.8) is 0 Å². The van der Waals surface area contributed by atoms with Crippen molar-refractivity contribution in [3.8, 4) is 0 Å². The first-order valence-corrected chi connectivity index (χ1v) is 10.5. The molecule has 2 aliphatic carbocycles. The lowest BCUT2D eigenvalue weighted by molar-refractivity contribution is -0.135. The molecule has 0 aliphatic heterocycles. The Balaban J connectivity index is 1.66. The average molecular weight is 439 g/mol. The molecule has 2 aromatic carbocycles. The first kappa shape index (κ1) is 19.1. The third-order valence-corrected chi connectivity index (χ3v) is 6.43. The van der Waals surface area contributed by atoms with Crippen LogP contribution in [-0.4, -0.2) is 11.8 Å². The molecule has 2 fully saturated rings. The molecule has 0 unspecified atom stereocenters. The lowest BCUT2D eigenvalue weighted by Gasteiger charge is -2.42. The number of allylic oxidation sites excluding steroid dienone is 1. The number of carbonyl (C=O) groups is 2. The molecule has 0 heterocycles. The Hall–Kier alpha value is -2.20. The Labute approximate surface area is 173 Å². The van der Waals surface area contributed by atoms with Gasteiger partial charge in [-0.25, -0.2) is 4.79 Å². The van der Waals surface area contributed by atoms with Crippen LogP contribution in [-0.2, 0) is 9.53 Å². The van der Waals surface area contributed by atoms with Crippen LogP contribution in [0.3, 0.4) is 0 Å². The summed E-state index contributed by atoms with van der Waals surface area (Å²) in [6, 6.07) is 16.7. The van der Waals surface area contributed by atoms with Crippen molar-refractivity contribution in [1.29, 1.82) is 0 Å². The van der Waals surface area contributed by atoms with Crippen molar-refractivity contribution in [2.45, 2.75) is 31.8 Å². The Morgan fingerprint density at radius 3 is 2.46 bits per heavy atom. The van der Waals surface area contributed by atoms with Crippen molar-refractivity contribution in [2.75, 3.05) is 0 Å². The molecular weight excluding hydrogens is 416 g/mol. The molecule has 0 aromatic heterocycles. The van der Waals surface area contributed by atoms with Crippen molar-refractivity contribution in [2.24, 2.45) is 17.8 Å². The zero-order chi connectivity index (χ0) is 19.7. The van der Waals surface area contributed by atoms with E-state index in [0.29, 0.717) is 17.9 Å². The molecule has 0 saturated heterocycles. The van der Waals surface area contributed by atoms with E-state index in [1.807, 2.05) is 42.5 Å². The first-order valence-electron chi connectivity index (χ1n) is 9.72. The number of esters is 1. The van der Waals surface area contributed by atoms with E-state index >= 15 is 0 Å². The summed E-state index contributed by atoms with van der Waals surface area (Å²) >= 11 is 3.38. The highest BCUT2D eigenvalue weighted by Crippen LogP contribution is 2.48. The van der Waals surface area contributed by atoms with Crippen molar-refractivity contribution in [3.05, 3.63) is 82.3 Å². The monoisotopic (exact) mass is 438 g/mol. The number of carbonyl (C=O) groups excluding carboxylic acids is 2. The standard InChI is InChI=1S/C24H23BrO3/c1-15-11-16-13-19(12-15)22(21(26)14-16)23(17-5-3-2-4-6-17)28-24(27)18-7-9-20(25)10-8-18/h2-10,16,19,22-23H,1,11-14H2/t16-,19+,22-,23+/m1/s1. The van der Waals surface area contributed by atoms with Gasteiger partial charge in [-0.3, -0.25) is 4.79 Å². The van der Waals surface area contributed by atoms with E-state index in [0.717, 1.165) is 29.3 Å². The second-order valence-corrected chi connectivity index (χ2v) is 8.88. The fourth-order valence-electron chi connectivity index (χ4n) is 4.75. The fraction of sp³-hybridized carbons (Fsp3) is 0.333. The summed E-state index contributed by atoms with van der Waals surface area (Å²) in [6.45, 7) is 4.18. The molecule has 0 radical (unpaired) electrons. The molecule has 2 saturated carbocycles. The number of rotatable bonds is 4. The molecule has 28 heavy (non-hydrogen) atoms. The van der Waals surface area contributed by atoms with E-state index in [1.54, 1.807) is 12.1 Å². The molecule has 0 amide bonds. The first-order chi connectivity index (χ1) is 13.5. The van der Waals surface area contributed by atoms with Crippen LogP contribution in [0.4, 0.5) is 0 Å².